The molecule has 1 fully saturated rings. The third-order valence-electron chi connectivity index (χ3n) is 9.44. The van der Waals surface area contributed by atoms with E-state index < -0.39 is 5.60 Å². The van der Waals surface area contributed by atoms with E-state index >= 15 is 0 Å². The maximum Gasteiger partial charge on any atom is 0.271 e. The molecule has 0 spiro atoms. The van der Waals surface area contributed by atoms with E-state index in [9.17, 15) is 9.90 Å². The van der Waals surface area contributed by atoms with Crippen molar-refractivity contribution >= 4 is 5.91 Å². The van der Waals surface area contributed by atoms with Crippen LogP contribution in [0.3, 0.4) is 0 Å². The molecule has 1 saturated heterocycles. The van der Waals surface area contributed by atoms with Gasteiger partial charge in [0, 0.05) is 42.6 Å². The highest BCUT2D eigenvalue weighted by molar-refractivity contribution is 5.95. The predicted octanol–water partition coefficient (Wildman–Crippen LogP) is 4.40. The van der Waals surface area contributed by atoms with Crippen molar-refractivity contribution in [3.63, 3.8) is 0 Å². The zero-order valence-electron chi connectivity index (χ0n) is 21.8. The Morgan fingerprint density at radius 3 is 2.61 bits per heavy atom. The van der Waals surface area contributed by atoms with E-state index in [0.717, 1.165) is 48.2 Å². The standard InChI is InChI=1S/C31H37N3O2/c1-20(2)34(19-22-10-6-5-7-11-22)29(35)28-21(3)24-17-31(36)27-16-23-12-8-9-13-25(23)30(31,14-15-33(27)4)18-26(24)32-28/h5-13,20,27,32,36H,14-19H2,1-4H3/t27-,30+,31+/m0/s1. The van der Waals surface area contributed by atoms with Crippen molar-refractivity contribution in [3.8, 4) is 0 Å². The number of aromatic amines is 1. The maximum atomic E-state index is 13.9. The quantitative estimate of drug-likeness (QED) is 0.578. The number of nitrogens with one attached hydrogen (secondary N) is 1. The number of nitrogens with zero attached hydrogens (tertiary/aromatic N) is 2. The molecule has 1 aliphatic heterocycles. The first-order valence-corrected chi connectivity index (χ1v) is 13.3. The lowest BCUT2D eigenvalue weighted by atomic mass is 9.49. The Morgan fingerprint density at radius 1 is 1.14 bits per heavy atom. The van der Waals surface area contributed by atoms with E-state index in [4.69, 9.17) is 0 Å². The molecular weight excluding hydrogens is 446 g/mol. The summed E-state index contributed by atoms with van der Waals surface area (Å²) in [5, 5.41) is 12.5. The minimum atomic E-state index is -0.851. The van der Waals surface area contributed by atoms with Crippen LogP contribution in [0.5, 0.6) is 0 Å². The zero-order valence-corrected chi connectivity index (χ0v) is 21.8. The van der Waals surface area contributed by atoms with E-state index in [0.29, 0.717) is 18.7 Å². The molecule has 1 aromatic heterocycles. The number of likely N-dealkylation sites (tertiary alicyclic amines) is 1. The number of likely N-dealkylation sites (N-methyl/N-ethyl adjacent to an activating group) is 1. The van der Waals surface area contributed by atoms with Crippen molar-refractivity contribution in [2.75, 3.05) is 13.6 Å². The second-order valence-electron chi connectivity index (χ2n) is 11.6. The summed E-state index contributed by atoms with van der Waals surface area (Å²) in [5.74, 6) is 0.0358. The number of carbonyl (C=O) groups excluding carboxylic acids is 1. The van der Waals surface area contributed by atoms with Gasteiger partial charge in [0.05, 0.1) is 5.60 Å². The van der Waals surface area contributed by atoms with Gasteiger partial charge in [-0.1, -0.05) is 54.6 Å². The van der Waals surface area contributed by atoms with E-state index in [1.165, 1.54) is 11.1 Å². The Bertz CT molecular complexity index is 1310. The number of H-pyrrole nitrogens is 1. The minimum absolute atomic E-state index is 0.0358. The van der Waals surface area contributed by atoms with Crippen molar-refractivity contribution in [2.24, 2.45) is 0 Å². The van der Waals surface area contributed by atoms with Gasteiger partial charge >= 0.3 is 0 Å². The number of rotatable bonds is 4. The average Bonchev–Trinajstić information content (AvgIpc) is 3.18. The SMILES string of the molecule is Cc1c(C(=O)N(Cc2ccccc2)C(C)C)[nH]c2c1C[C@@]1(O)[C@@H]3Cc4ccccc4[C@@]1(CCN3C)C2. The van der Waals surface area contributed by atoms with Crippen LogP contribution in [-0.2, 0) is 31.2 Å². The first kappa shape index (κ1) is 23.5. The van der Waals surface area contributed by atoms with Gasteiger partial charge in [0.2, 0.25) is 0 Å². The molecule has 3 atom stereocenters. The number of carbonyl (C=O) groups is 1. The van der Waals surface area contributed by atoms with Gasteiger partial charge in [0.1, 0.15) is 5.69 Å². The molecular formula is C31H37N3O2. The summed E-state index contributed by atoms with van der Waals surface area (Å²) in [7, 11) is 2.15. The molecule has 2 heterocycles. The monoisotopic (exact) mass is 483 g/mol. The second-order valence-corrected chi connectivity index (χ2v) is 11.6. The molecule has 6 rings (SSSR count). The lowest BCUT2D eigenvalue weighted by molar-refractivity contribution is -0.145. The van der Waals surface area contributed by atoms with Crippen LogP contribution in [0.2, 0.25) is 0 Å². The zero-order chi connectivity index (χ0) is 25.2. The van der Waals surface area contributed by atoms with E-state index in [-0.39, 0.29) is 23.4 Å². The third kappa shape index (κ3) is 3.25. The molecule has 0 saturated carbocycles. The van der Waals surface area contributed by atoms with E-state index in [1.54, 1.807) is 0 Å². The second kappa shape index (κ2) is 8.32. The van der Waals surface area contributed by atoms with Gasteiger partial charge < -0.3 is 19.9 Å². The van der Waals surface area contributed by atoms with Crippen molar-refractivity contribution in [1.29, 1.82) is 0 Å². The Morgan fingerprint density at radius 2 is 1.86 bits per heavy atom. The highest BCUT2D eigenvalue weighted by Crippen LogP contribution is 2.57. The largest absolute Gasteiger partial charge is 0.387 e. The third-order valence-corrected chi connectivity index (χ3v) is 9.44. The fourth-order valence-corrected chi connectivity index (χ4v) is 7.40. The average molecular weight is 484 g/mol. The van der Waals surface area contributed by atoms with Gasteiger partial charge in [0.25, 0.3) is 5.91 Å². The van der Waals surface area contributed by atoms with Crippen molar-refractivity contribution in [1.82, 2.24) is 14.8 Å². The van der Waals surface area contributed by atoms with Crippen LogP contribution in [0, 0.1) is 6.92 Å². The normalized spacial score (nSPS) is 26.8. The molecule has 0 radical (unpaired) electrons. The number of benzene rings is 2. The van der Waals surface area contributed by atoms with Crippen LogP contribution >= 0.6 is 0 Å². The Labute approximate surface area is 214 Å². The number of aromatic nitrogens is 1. The van der Waals surface area contributed by atoms with Crippen molar-refractivity contribution in [2.45, 2.75) is 76.1 Å². The predicted molar refractivity (Wildman–Crippen MR) is 142 cm³/mol. The number of hydrogen-bond donors (Lipinski definition) is 2. The number of fused-ring (bicyclic) bond motifs is 2. The lowest BCUT2D eigenvalue weighted by Crippen LogP contribution is -2.73. The maximum absolute atomic E-state index is 13.9. The van der Waals surface area contributed by atoms with Crippen LogP contribution in [0.1, 0.15) is 64.3 Å². The summed E-state index contributed by atoms with van der Waals surface area (Å²) in [4.78, 5) is 21.8. The van der Waals surface area contributed by atoms with E-state index in [1.807, 2.05) is 23.1 Å². The lowest BCUT2D eigenvalue weighted by Gasteiger charge is -2.63. The molecule has 2 bridgehead atoms. The van der Waals surface area contributed by atoms with Gasteiger partial charge in [-0.2, -0.15) is 0 Å². The molecule has 188 valence electrons. The molecule has 3 aliphatic rings. The highest BCUT2D eigenvalue weighted by Gasteiger charge is 2.64. The number of hydrogen-bond acceptors (Lipinski definition) is 3. The topological polar surface area (TPSA) is 59.6 Å². The molecule has 2 aromatic carbocycles. The molecule has 5 heteroatoms. The van der Waals surface area contributed by atoms with Gasteiger partial charge in [-0.15, -0.1) is 0 Å². The van der Waals surface area contributed by atoms with Crippen LogP contribution in [-0.4, -0.2) is 57.1 Å². The molecule has 1 amide bonds. The number of piperidine rings is 1. The molecule has 5 nitrogen and oxygen atoms in total. The fraction of sp³-hybridized carbons (Fsp3) is 0.452. The molecule has 36 heavy (non-hydrogen) atoms. The number of aliphatic hydroxyl groups is 1. The molecule has 2 N–H and O–H groups in total. The summed E-state index contributed by atoms with van der Waals surface area (Å²) in [5.41, 5.74) is 6.55. The molecule has 3 aromatic rings. The van der Waals surface area contributed by atoms with Crippen molar-refractivity contribution < 1.29 is 9.90 Å². The highest BCUT2D eigenvalue weighted by atomic mass is 16.3. The van der Waals surface area contributed by atoms with Crippen LogP contribution in [0.25, 0.3) is 0 Å². The Balaban J connectivity index is 1.42. The van der Waals surface area contributed by atoms with Gasteiger partial charge in [0.15, 0.2) is 0 Å². The Kier molecular flexibility index (Phi) is 5.43. The summed E-state index contributed by atoms with van der Waals surface area (Å²) in [6.45, 7) is 7.76. The van der Waals surface area contributed by atoms with Crippen molar-refractivity contribution in [3.05, 3.63) is 93.8 Å². The molecule has 2 aliphatic carbocycles. The van der Waals surface area contributed by atoms with E-state index in [2.05, 4.69) is 74.1 Å². The summed E-state index contributed by atoms with van der Waals surface area (Å²) < 4.78 is 0. The first-order valence-electron chi connectivity index (χ1n) is 13.3. The fourth-order valence-electron chi connectivity index (χ4n) is 7.40. The Hall–Kier alpha value is -2.89. The molecule has 0 unspecified atom stereocenters. The van der Waals surface area contributed by atoms with Gasteiger partial charge in [-0.25, -0.2) is 0 Å². The summed E-state index contributed by atoms with van der Waals surface area (Å²) >= 11 is 0. The van der Waals surface area contributed by atoms with Crippen LogP contribution in [0.4, 0.5) is 0 Å². The summed E-state index contributed by atoms with van der Waals surface area (Å²) in [6.07, 6.45) is 3.12. The van der Waals surface area contributed by atoms with Crippen LogP contribution in [0.15, 0.2) is 54.6 Å². The minimum Gasteiger partial charge on any atom is -0.387 e. The van der Waals surface area contributed by atoms with Gasteiger partial charge in [-0.05, 0) is 75.0 Å². The smallest absolute Gasteiger partial charge is 0.271 e. The van der Waals surface area contributed by atoms with Gasteiger partial charge in [-0.3, -0.25) is 4.79 Å². The van der Waals surface area contributed by atoms with Crippen LogP contribution < -0.4 is 0 Å². The number of amides is 1. The first-order chi connectivity index (χ1) is 17.2. The summed E-state index contributed by atoms with van der Waals surface area (Å²) in [6, 6.07) is 19.0.